The predicted molar refractivity (Wildman–Crippen MR) is 85.1 cm³/mol. The molecule has 1 atom stereocenters. The van der Waals surface area contributed by atoms with Gasteiger partial charge in [-0.15, -0.1) is 0 Å². The molecule has 0 radical (unpaired) electrons. The van der Waals surface area contributed by atoms with Crippen LogP contribution < -0.4 is 5.32 Å². The van der Waals surface area contributed by atoms with Crippen LogP contribution in [0.1, 0.15) is 55.3 Å². The van der Waals surface area contributed by atoms with Gasteiger partial charge in [-0.05, 0) is 69.2 Å². The smallest absolute Gasteiger partial charge is 0.0665 e. The Morgan fingerprint density at radius 1 is 1.15 bits per heavy atom. The Kier molecular flexibility index (Phi) is 5.62. The summed E-state index contributed by atoms with van der Waals surface area (Å²) < 4.78 is 6.15. The van der Waals surface area contributed by atoms with Gasteiger partial charge in [0.25, 0.3) is 0 Å². The van der Waals surface area contributed by atoms with Crippen molar-refractivity contribution in [3.05, 3.63) is 34.9 Å². The third kappa shape index (κ3) is 4.07. The summed E-state index contributed by atoms with van der Waals surface area (Å²) in [5.74, 6) is 0.884. The molecule has 1 aliphatic carbocycles. The normalized spacial score (nSPS) is 24.6. The summed E-state index contributed by atoms with van der Waals surface area (Å²) in [6.45, 7) is 7.46. The number of likely N-dealkylation sites (N-methyl/N-ethyl adjacent to an activating group) is 1. The van der Waals surface area contributed by atoms with E-state index in [0.717, 1.165) is 12.5 Å². The van der Waals surface area contributed by atoms with E-state index in [1.165, 1.54) is 42.4 Å². The van der Waals surface area contributed by atoms with Crippen molar-refractivity contribution in [3.63, 3.8) is 0 Å². The highest BCUT2D eigenvalue weighted by atomic mass is 16.5. The number of rotatable bonds is 5. The molecular formula is C18H29NO. The first kappa shape index (κ1) is 15.5. The standard InChI is InChI=1S/C18H29NO/c1-13-5-9-17(10-6-13)20-12-18(19-4)16-8-7-14(2)15(3)11-16/h7-8,11,13,17-19H,5-6,9-10,12H2,1-4H3. The minimum absolute atomic E-state index is 0.300. The van der Waals surface area contributed by atoms with Crippen LogP contribution in [0.5, 0.6) is 0 Å². The molecule has 0 heterocycles. The average molecular weight is 275 g/mol. The van der Waals surface area contributed by atoms with Gasteiger partial charge in [0.2, 0.25) is 0 Å². The van der Waals surface area contributed by atoms with Crippen LogP contribution >= 0.6 is 0 Å². The summed E-state index contributed by atoms with van der Waals surface area (Å²) in [6.07, 6.45) is 5.56. The van der Waals surface area contributed by atoms with Crippen LogP contribution in [0, 0.1) is 19.8 Å². The van der Waals surface area contributed by atoms with Gasteiger partial charge in [-0.1, -0.05) is 25.1 Å². The van der Waals surface area contributed by atoms with Gasteiger partial charge in [-0.3, -0.25) is 0 Å². The molecule has 1 fully saturated rings. The highest BCUT2D eigenvalue weighted by molar-refractivity contribution is 5.31. The minimum atomic E-state index is 0.300. The lowest BCUT2D eigenvalue weighted by atomic mass is 9.89. The van der Waals surface area contributed by atoms with Crippen molar-refractivity contribution in [1.82, 2.24) is 5.32 Å². The maximum absolute atomic E-state index is 6.15. The van der Waals surface area contributed by atoms with Gasteiger partial charge in [0.15, 0.2) is 0 Å². The minimum Gasteiger partial charge on any atom is -0.376 e. The molecular weight excluding hydrogens is 246 g/mol. The maximum Gasteiger partial charge on any atom is 0.0665 e. The summed E-state index contributed by atoms with van der Waals surface area (Å²) in [4.78, 5) is 0. The molecule has 0 spiro atoms. The topological polar surface area (TPSA) is 21.3 Å². The van der Waals surface area contributed by atoms with Gasteiger partial charge in [-0.2, -0.15) is 0 Å². The summed E-state index contributed by atoms with van der Waals surface area (Å²) in [5.41, 5.74) is 4.04. The van der Waals surface area contributed by atoms with Gasteiger partial charge >= 0.3 is 0 Å². The lowest BCUT2D eigenvalue weighted by molar-refractivity contribution is 0.00881. The van der Waals surface area contributed by atoms with E-state index in [4.69, 9.17) is 4.74 Å². The molecule has 0 aromatic heterocycles. The molecule has 2 rings (SSSR count). The average Bonchev–Trinajstić information content (AvgIpc) is 2.45. The Labute approximate surface area is 123 Å². The van der Waals surface area contributed by atoms with E-state index in [1.807, 2.05) is 7.05 Å². The molecule has 1 unspecified atom stereocenters. The molecule has 1 aliphatic rings. The van der Waals surface area contributed by atoms with Crippen LogP contribution in [0.3, 0.4) is 0 Å². The van der Waals surface area contributed by atoms with Crippen LogP contribution in [0.25, 0.3) is 0 Å². The Balaban J connectivity index is 1.90. The Hall–Kier alpha value is -0.860. The molecule has 1 saturated carbocycles. The fourth-order valence-corrected chi connectivity index (χ4v) is 2.96. The van der Waals surface area contributed by atoms with Crippen LogP contribution in [0.15, 0.2) is 18.2 Å². The first-order chi connectivity index (χ1) is 9.60. The van der Waals surface area contributed by atoms with Gasteiger partial charge < -0.3 is 10.1 Å². The Bertz CT molecular complexity index is 421. The van der Waals surface area contributed by atoms with Gasteiger partial charge in [0.05, 0.1) is 18.8 Å². The summed E-state index contributed by atoms with van der Waals surface area (Å²) in [6, 6.07) is 7.00. The van der Waals surface area contributed by atoms with Crippen molar-refractivity contribution < 1.29 is 4.74 Å². The lowest BCUT2D eigenvalue weighted by Gasteiger charge is -2.28. The number of hydrogen-bond acceptors (Lipinski definition) is 2. The molecule has 0 amide bonds. The molecule has 1 aromatic rings. The SMILES string of the molecule is CNC(COC1CCC(C)CC1)c1ccc(C)c(C)c1. The monoisotopic (exact) mass is 275 g/mol. The van der Waals surface area contributed by atoms with Crippen LogP contribution in [0.2, 0.25) is 0 Å². The van der Waals surface area contributed by atoms with E-state index in [-0.39, 0.29) is 0 Å². The number of ether oxygens (including phenoxy) is 1. The van der Waals surface area contributed by atoms with E-state index in [2.05, 4.69) is 44.3 Å². The third-order valence-corrected chi connectivity index (χ3v) is 4.74. The zero-order valence-corrected chi connectivity index (χ0v) is 13.4. The van der Waals surface area contributed by atoms with Crippen molar-refractivity contribution in [2.24, 2.45) is 5.92 Å². The quantitative estimate of drug-likeness (QED) is 0.871. The van der Waals surface area contributed by atoms with Gasteiger partial charge in [-0.25, -0.2) is 0 Å². The van der Waals surface area contributed by atoms with Crippen molar-refractivity contribution in [2.75, 3.05) is 13.7 Å². The Morgan fingerprint density at radius 3 is 2.45 bits per heavy atom. The van der Waals surface area contributed by atoms with E-state index in [9.17, 15) is 0 Å². The molecule has 2 heteroatoms. The molecule has 2 nitrogen and oxygen atoms in total. The molecule has 0 aliphatic heterocycles. The lowest BCUT2D eigenvalue weighted by Crippen LogP contribution is -2.27. The predicted octanol–water partition coefficient (Wildman–Crippen LogP) is 4.16. The Morgan fingerprint density at radius 2 is 1.85 bits per heavy atom. The summed E-state index contributed by atoms with van der Waals surface area (Å²) in [7, 11) is 2.02. The largest absolute Gasteiger partial charge is 0.376 e. The van der Waals surface area contributed by atoms with Crippen LogP contribution in [-0.4, -0.2) is 19.8 Å². The zero-order valence-electron chi connectivity index (χ0n) is 13.4. The fourth-order valence-electron chi connectivity index (χ4n) is 2.96. The second kappa shape index (κ2) is 7.24. The van der Waals surface area contributed by atoms with Crippen molar-refractivity contribution in [1.29, 1.82) is 0 Å². The van der Waals surface area contributed by atoms with E-state index in [1.54, 1.807) is 0 Å². The first-order valence-electron chi connectivity index (χ1n) is 7.96. The molecule has 1 N–H and O–H groups in total. The maximum atomic E-state index is 6.15. The number of nitrogens with one attached hydrogen (secondary N) is 1. The fraction of sp³-hybridized carbons (Fsp3) is 0.667. The number of aryl methyl sites for hydroxylation is 2. The van der Waals surface area contributed by atoms with Crippen LogP contribution in [-0.2, 0) is 4.74 Å². The van der Waals surface area contributed by atoms with E-state index in [0.29, 0.717) is 12.1 Å². The molecule has 0 saturated heterocycles. The van der Waals surface area contributed by atoms with E-state index >= 15 is 0 Å². The highest BCUT2D eigenvalue weighted by Crippen LogP contribution is 2.26. The zero-order chi connectivity index (χ0) is 14.5. The van der Waals surface area contributed by atoms with Crippen molar-refractivity contribution in [3.8, 4) is 0 Å². The summed E-state index contributed by atoms with van der Waals surface area (Å²) >= 11 is 0. The number of hydrogen-bond donors (Lipinski definition) is 1. The van der Waals surface area contributed by atoms with Gasteiger partial charge in [0.1, 0.15) is 0 Å². The van der Waals surface area contributed by atoms with E-state index < -0.39 is 0 Å². The molecule has 112 valence electrons. The van der Waals surface area contributed by atoms with Crippen molar-refractivity contribution in [2.45, 2.75) is 58.6 Å². The molecule has 0 bridgehead atoms. The second-order valence-electron chi connectivity index (χ2n) is 6.40. The van der Waals surface area contributed by atoms with Gasteiger partial charge in [0, 0.05) is 0 Å². The molecule has 20 heavy (non-hydrogen) atoms. The summed E-state index contributed by atoms with van der Waals surface area (Å²) in [5, 5.41) is 3.39. The second-order valence-corrected chi connectivity index (χ2v) is 6.40. The molecule has 1 aromatic carbocycles. The third-order valence-electron chi connectivity index (χ3n) is 4.74. The number of benzene rings is 1. The van der Waals surface area contributed by atoms with Crippen molar-refractivity contribution >= 4 is 0 Å². The first-order valence-corrected chi connectivity index (χ1v) is 7.96. The van der Waals surface area contributed by atoms with Crippen LogP contribution in [0.4, 0.5) is 0 Å². The highest BCUT2D eigenvalue weighted by Gasteiger charge is 2.20.